The highest BCUT2D eigenvalue weighted by molar-refractivity contribution is 6.45. The summed E-state index contributed by atoms with van der Waals surface area (Å²) in [4.78, 5) is 0. The molecular formula is C9H14BO. The Morgan fingerprint density at radius 3 is 1.91 bits per heavy atom. The standard InChI is InChI=1S/C7H8BO.C2H6/c1-6-2-4-7(8-9)5-3-6;1-2/h2-5,9H,1H3;1-2H3. The van der Waals surface area contributed by atoms with Gasteiger partial charge in [-0.1, -0.05) is 49.1 Å². The molecule has 0 saturated carbocycles. The van der Waals surface area contributed by atoms with E-state index in [2.05, 4.69) is 0 Å². The number of benzene rings is 1. The molecule has 0 fully saturated rings. The number of hydrogen-bond donors (Lipinski definition) is 1. The van der Waals surface area contributed by atoms with Gasteiger partial charge in [-0.15, -0.1) is 0 Å². The molecule has 0 aliphatic carbocycles. The van der Waals surface area contributed by atoms with Crippen molar-refractivity contribution >= 4 is 12.9 Å². The Kier molecular flexibility index (Phi) is 5.58. The molecule has 1 aromatic carbocycles. The first-order valence-electron chi connectivity index (χ1n) is 3.87. The molecule has 0 amide bonds. The zero-order valence-electron chi connectivity index (χ0n) is 7.33. The fourth-order valence-corrected chi connectivity index (χ4v) is 0.653. The highest BCUT2D eigenvalue weighted by atomic mass is 16.2. The van der Waals surface area contributed by atoms with Crippen molar-refractivity contribution in [3.63, 3.8) is 0 Å². The summed E-state index contributed by atoms with van der Waals surface area (Å²) in [6, 6.07) is 7.66. The van der Waals surface area contributed by atoms with Crippen LogP contribution in [0.5, 0.6) is 0 Å². The van der Waals surface area contributed by atoms with Gasteiger partial charge in [0.15, 0.2) is 0 Å². The third-order valence-electron chi connectivity index (χ3n) is 1.23. The fraction of sp³-hybridized carbons (Fsp3) is 0.333. The van der Waals surface area contributed by atoms with Gasteiger partial charge in [0, 0.05) is 0 Å². The maximum Gasteiger partial charge on any atom is 0.326 e. The molecule has 1 aromatic rings. The van der Waals surface area contributed by atoms with Crippen LogP contribution in [-0.2, 0) is 0 Å². The molecule has 0 atom stereocenters. The van der Waals surface area contributed by atoms with Gasteiger partial charge in [-0.2, -0.15) is 0 Å². The predicted molar refractivity (Wildman–Crippen MR) is 50.1 cm³/mol. The van der Waals surface area contributed by atoms with E-state index in [1.165, 1.54) is 5.56 Å². The van der Waals surface area contributed by atoms with Crippen LogP contribution in [0.3, 0.4) is 0 Å². The van der Waals surface area contributed by atoms with Crippen LogP contribution in [0.1, 0.15) is 19.4 Å². The van der Waals surface area contributed by atoms with Crippen LogP contribution in [0, 0.1) is 6.92 Å². The van der Waals surface area contributed by atoms with E-state index in [-0.39, 0.29) is 0 Å². The van der Waals surface area contributed by atoms with E-state index in [0.29, 0.717) is 0 Å². The van der Waals surface area contributed by atoms with Crippen LogP contribution >= 0.6 is 0 Å². The van der Waals surface area contributed by atoms with Crippen LogP contribution in [-0.4, -0.2) is 12.5 Å². The Labute approximate surface area is 69.3 Å². The lowest BCUT2D eigenvalue weighted by atomic mass is 9.88. The van der Waals surface area contributed by atoms with Gasteiger partial charge in [-0.05, 0) is 6.92 Å². The molecule has 0 heterocycles. The van der Waals surface area contributed by atoms with Crippen molar-refractivity contribution in [3.05, 3.63) is 29.8 Å². The first kappa shape index (κ1) is 10.2. The van der Waals surface area contributed by atoms with Crippen molar-refractivity contribution in [3.8, 4) is 0 Å². The molecular weight excluding hydrogens is 135 g/mol. The highest BCUT2D eigenvalue weighted by Gasteiger charge is 1.89. The molecule has 2 heteroatoms. The smallest absolute Gasteiger partial charge is 0.326 e. The number of aryl methyl sites for hydroxylation is 1. The lowest BCUT2D eigenvalue weighted by Crippen LogP contribution is -2.11. The molecule has 11 heavy (non-hydrogen) atoms. The van der Waals surface area contributed by atoms with E-state index < -0.39 is 0 Å². The lowest BCUT2D eigenvalue weighted by molar-refractivity contribution is 0.615. The van der Waals surface area contributed by atoms with E-state index in [4.69, 9.17) is 5.02 Å². The second-order valence-electron chi connectivity index (χ2n) is 2.04. The summed E-state index contributed by atoms with van der Waals surface area (Å²) >= 11 is 0. The molecule has 0 aromatic heterocycles. The SMILES string of the molecule is CC.Cc1ccc([B]O)cc1. The first-order valence-corrected chi connectivity index (χ1v) is 3.87. The number of hydrogen-bond acceptors (Lipinski definition) is 1. The van der Waals surface area contributed by atoms with Gasteiger partial charge in [0.2, 0.25) is 0 Å². The number of rotatable bonds is 1. The van der Waals surface area contributed by atoms with Crippen LogP contribution in [0.4, 0.5) is 0 Å². The molecule has 1 rings (SSSR count). The summed E-state index contributed by atoms with van der Waals surface area (Å²) in [5.41, 5.74) is 2.06. The molecule has 0 bridgehead atoms. The monoisotopic (exact) mass is 149 g/mol. The van der Waals surface area contributed by atoms with Gasteiger partial charge in [-0.25, -0.2) is 0 Å². The second-order valence-corrected chi connectivity index (χ2v) is 2.04. The first-order chi connectivity index (χ1) is 5.33. The summed E-state index contributed by atoms with van der Waals surface area (Å²) in [6.45, 7) is 6.02. The van der Waals surface area contributed by atoms with E-state index in [0.717, 1.165) is 12.9 Å². The summed E-state index contributed by atoms with van der Waals surface area (Å²) in [7, 11) is 1.10. The van der Waals surface area contributed by atoms with Gasteiger partial charge in [0.1, 0.15) is 0 Å². The summed E-state index contributed by atoms with van der Waals surface area (Å²) in [6.07, 6.45) is 0. The Bertz CT molecular complexity index is 181. The van der Waals surface area contributed by atoms with E-state index >= 15 is 0 Å². The predicted octanol–water partition coefficient (Wildman–Crippen LogP) is 1.26. The van der Waals surface area contributed by atoms with E-state index in [9.17, 15) is 0 Å². The van der Waals surface area contributed by atoms with Gasteiger partial charge in [0.25, 0.3) is 0 Å². The Hall–Kier alpha value is -0.755. The van der Waals surface area contributed by atoms with Crippen molar-refractivity contribution in [2.45, 2.75) is 20.8 Å². The largest absolute Gasteiger partial charge is 0.450 e. The van der Waals surface area contributed by atoms with E-state index in [1.807, 2.05) is 45.0 Å². The maximum atomic E-state index is 8.50. The van der Waals surface area contributed by atoms with Crippen molar-refractivity contribution in [1.29, 1.82) is 0 Å². The zero-order chi connectivity index (χ0) is 8.69. The molecule has 1 nitrogen and oxygen atoms in total. The second kappa shape index (κ2) is 5.99. The van der Waals surface area contributed by atoms with E-state index in [1.54, 1.807) is 0 Å². The average Bonchev–Trinajstić information content (AvgIpc) is 2.10. The zero-order valence-corrected chi connectivity index (χ0v) is 7.33. The minimum absolute atomic E-state index is 0.848. The summed E-state index contributed by atoms with van der Waals surface area (Å²) < 4.78 is 0. The van der Waals surface area contributed by atoms with Gasteiger partial charge >= 0.3 is 7.48 Å². The minimum Gasteiger partial charge on any atom is -0.450 e. The molecule has 0 aliphatic heterocycles. The van der Waals surface area contributed by atoms with Crippen LogP contribution in [0.2, 0.25) is 0 Å². The minimum atomic E-state index is 0.848. The van der Waals surface area contributed by atoms with Crippen molar-refractivity contribution in [2.75, 3.05) is 0 Å². The Morgan fingerprint density at radius 2 is 1.55 bits per heavy atom. The molecule has 1 radical (unpaired) electrons. The van der Waals surface area contributed by atoms with Gasteiger partial charge in [-0.3, -0.25) is 0 Å². The fourth-order valence-electron chi connectivity index (χ4n) is 0.653. The van der Waals surface area contributed by atoms with Crippen LogP contribution in [0.15, 0.2) is 24.3 Å². The molecule has 0 aliphatic rings. The van der Waals surface area contributed by atoms with Crippen molar-refractivity contribution in [1.82, 2.24) is 0 Å². The summed E-state index contributed by atoms with van der Waals surface area (Å²) in [5.74, 6) is 0. The van der Waals surface area contributed by atoms with Gasteiger partial charge in [0.05, 0.1) is 0 Å². The molecule has 59 valence electrons. The average molecular weight is 149 g/mol. The van der Waals surface area contributed by atoms with Crippen LogP contribution < -0.4 is 5.46 Å². The topological polar surface area (TPSA) is 20.2 Å². The Morgan fingerprint density at radius 1 is 1.09 bits per heavy atom. The molecule has 1 N–H and O–H groups in total. The molecule has 0 saturated heterocycles. The molecule has 0 spiro atoms. The lowest BCUT2D eigenvalue weighted by Gasteiger charge is -1.92. The van der Waals surface area contributed by atoms with Crippen molar-refractivity contribution in [2.24, 2.45) is 0 Å². The normalized spacial score (nSPS) is 8.00. The molecule has 0 unspecified atom stereocenters. The maximum absolute atomic E-state index is 8.50. The van der Waals surface area contributed by atoms with Crippen LogP contribution in [0.25, 0.3) is 0 Å². The third kappa shape index (κ3) is 3.84. The quantitative estimate of drug-likeness (QED) is 0.596. The van der Waals surface area contributed by atoms with Crippen molar-refractivity contribution < 1.29 is 5.02 Å². The highest BCUT2D eigenvalue weighted by Crippen LogP contribution is 1.90. The summed E-state index contributed by atoms with van der Waals surface area (Å²) in [5, 5.41) is 8.50. The Balaban J connectivity index is 0.000000461. The van der Waals surface area contributed by atoms with Gasteiger partial charge < -0.3 is 5.02 Å². The third-order valence-corrected chi connectivity index (χ3v) is 1.23.